The van der Waals surface area contributed by atoms with Crippen molar-refractivity contribution in [3.05, 3.63) is 271 Å². The highest BCUT2D eigenvalue weighted by molar-refractivity contribution is 6.29. The fraction of sp³-hybridized carbons (Fsp3) is 0.0149. The largest absolute Gasteiger partial charge is 0.456 e. The van der Waals surface area contributed by atoms with Gasteiger partial charge in [0.1, 0.15) is 22.3 Å². The summed E-state index contributed by atoms with van der Waals surface area (Å²) in [5.74, 6) is 0. The molecule has 3 heteroatoms. The van der Waals surface area contributed by atoms with E-state index < -0.39 is 5.41 Å². The van der Waals surface area contributed by atoms with Crippen molar-refractivity contribution in [1.29, 1.82) is 0 Å². The third-order valence-corrected chi connectivity index (χ3v) is 15.1. The molecule has 0 aliphatic heterocycles. The molecule has 0 amide bonds. The van der Waals surface area contributed by atoms with Crippen LogP contribution in [-0.2, 0) is 5.41 Å². The fourth-order valence-electron chi connectivity index (χ4n) is 12.2. The first-order chi connectivity index (χ1) is 34.7. The van der Waals surface area contributed by atoms with Crippen molar-refractivity contribution in [3.8, 4) is 22.3 Å². The SMILES string of the molecule is c1ccc(N(c2ccc3c(c2)C(c2ccccc2)(c2ccccc2)c2ccccc2-3)c2ccc3c(oc4ccc5oc6ccccc6c5c43)c2-c2ccc3c4ccccc4c4ccccc4c3c2)cc1. The molecule has 1 aliphatic rings. The van der Waals surface area contributed by atoms with Crippen LogP contribution in [0.15, 0.2) is 258 Å². The number of hydrogen-bond donors (Lipinski definition) is 0. The summed E-state index contributed by atoms with van der Waals surface area (Å²) in [5.41, 5.74) is 15.4. The molecule has 0 radical (unpaired) electrons. The fourth-order valence-corrected chi connectivity index (χ4v) is 12.2. The highest BCUT2D eigenvalue weighted by Crippen LogP contribution is 2.58. The zero-order valence-electron chi connectivity index (χ0n) is 37.9. The zero-order valence-corrected chi connectivity index (χ0v) is 37.9. The van der Waals surface area contributed by atoms with E-state index in [-0.39, 0.29) is 0 Å². The molecule has 2 aromatic heterocycles. The lowest BCUT2D eigenvalue weighted by Crippen LogP contribution is -2.28. The third-order valence-electron chi connectivity index (χ3n) is 15.1. The molecule has 15 rings (SSSR count). The highest BCUT2D eigenvalue weighted by atomic mass is 16.3. The number of fused-ring (bicyclic) bond motifs is 16. The Hall–Kier alpha value is -9.18. The smallest absolute Gasteiger partial charge is 0.145 e. The molecule has 0 unspecified atom stereocenters. The second kappa shape index (κ2) is 14.9. The summed E-state index contributed by atoms with van der Waals surface area (Å²) in [7, 11) is 0. The van der Waals surface area contributed by atoms with E-state index in [4.69, 9.17) is 8.83 Å². The quantitative estimate of drug-likeness (QED) is 0.156. The summed E-state index contributed by atoms with van der Waals surface area (Å²) in [5, 5.41) is 11.6. The second-order valence-electron chi connectivity index (χ2n) is 18.6. The molecule has 3 nitrogen and oxygen atoms in total. The Bertz CT molecular complexity index is 4340. The third kappa shape index (κ3) is 5.40. The van der Waals surface area contributed by atoms with E-state index in [0.29, 0.717) is 0 Å². The maximum atomic E-state index is 7.29. The number of rotatable bonds is 6. The number of benzene rings is 12. The number of nitrogens with zero attached hydrogens (tertiary/aromatic N) is 1. The Morgan fingerprint density at radius 2 is 0.843 bits per heavy atom. The van der Waals surface area contributed by atoms with Crippen molar-refractivity contribution in [1.82, 2.24) is 0 Å². The molecule has 0 saturated heterocycles. The lowest BCUT2D eigenvalue weighted by molar-refractivity contribution is 0.663. The van der Waals surface area contributed by atoms with Gasteiger partial charge in [0, 0.05) is 38.5 Å². The second-order valence-corrected chi connectivity index (χ2v) is 18.6. The minimum absolute atomic E-state index is 0.570. The van der Waals surface area contributed by atoms with Crippen LogP contribution in [0, 0.1) is 0 Å². The van der Waals surface area contributed by atoms with Gasteiger partial charge < -0.3 is 13.7 Å². The van der Waals surface area contributed by atoms with Gasteiger partial charge in [-0.05, 0) is 132 Å². The summed E-state index contributed by atoms with van der Waals surface area (Å²) >= 11 is 0. The lowest BCUT2D eigenvalue weighted by atomic mass is 9.67. The predicted molar refractivity (Wildman–Crippen MR) is 291 cm³/mol. The summed E-state index contributed by atoms with van der Waals surface area (Å²) in [6.07, 6.45) is 0. The number of hydrogen-bond acceptors (Lipinski definition) is 3. The van der Waals surface area contributed by atoms with Crippen LogP contribution in [0.1, 0.15) is 22.3 Å². The molecule has 0 saturated carbocycles. The molecular formula is C67H41NO2. The van der Waals surface area contributed by atoms with Crippen molar-refractivity contribution in [2.24, 2.45) is 0 Å². The minimum atomic E-state index is -0.570. The Morgan fingerprint density at radius 3 is 1.54 bits per heavy atom. The Morgan fingerprint density at radius 1 is 0.314 bits per heavy atom. The van der Waals surface area contributed by atoms with Crippen molar-refractivity contribution in [2.75, 3.05) is 4.90 Å². The van der Waals surface area contributed by atoms with Gasteiger partial charge in [0.2, 0.25) is 0 Å². The number of para-hydroxylation sites is 2. The highest BCUT2D eigenvalue weighted by Gasteiger charge is 2.46. The van der Waals surface area contributed by atoms with E-state index in [1.807, 2.05) is 12.1 Å². The standard InChI is InChI=1S/C67H41NO2/c1-4-18-43(19-5-1)67(44-20-6-2-7-21-44)57-30-16-14-28-52(57)53-35-33-46(41-58(53)67)68(45-22-8-3-9-23-45)59-37-36-55-65-62(39-38-61-64(65)54-29-15-17-31-60(54)69-61)70-66(55)63(59)42-32-34-51-49-26-11-10-24-47(49)48-25-12-13-27-50(48)56(51)40-42/h1-41H. The van der Waals surface area contributed by atoms with Crippen LogP contribution in [-0.4, -0.2) is 0 Å². The zero-order chi connectivity index (χ0) is 45.9. The molecule has 14 aromatic rings. The first-order valence-corrected chi connectivity index (χ1v) is 24.1. The van der Waals surface area contributed by atoms with Crippen LogP contribution in [0.3, 0.4) is 0 Å². The van der Waals surface area contributed by atoms with Crippen LogP contribution in [0.25, 0.3) is 98.4 Å². The van der Waals surface area contributed by atoms with Crippen molar-refractivity contribution < 1.29 is 8.83 Å². The molecule has 70 heavy (non-hydrogen) atoms. The van der Waals surface area contributed by atoms with Crippen LogP contribution < -0.4 is 4.90 Å². The minimum Gasteiger partial charge on any atom is -0.456 e. The average molecular weight is 892 g/mol. The summed E-state index contributed by atoms with van der Waals surface area (Å²) < 4.78 is 13.8. The van der Waals surface area contributed by atoms with Gasteiger partial charge in [-0.15, -0.1) is 0 Å². The molecule has 0 spiro atoms. The summed E-state index contributed by atoms with van der Waals surface area (Å²) in [4.78, 5) is 2.44. The van der Waals surface area contributed by atoms with E-state index in [1.165, 1.54) is 65.7 Å². The monoisotopic (exact) mass is 891 g/mol. The molecule has 0 atom stereocenters. The molecule has 2 heterocycles. The van der Waals surface area contributed by atoms with Gasteiger partial charge in [-0.2, -0.15) is 0 Å². The first-order valence-electron chi connectivity index (χ1n) is 24.1. The molecule has 0 N–H and O–H groups in total. The van der Waals surface area contributed by atoms with Gasteiger partial charge in [0.25, 0.3) is 0 Å². The molecule has 0 fully saturated rings. The van der Waals surface area contributed by atoms with Crippen molar-refractivity contribution in [3.63, 3.8) is 0 Å². The van der Waals surface area contributed by atoms with Gasteiger partial charge in [-0.25, -0.2) is 0 Å². The van der Waals surface area contributed by atoms with Crippen molar-refractivity contribution >= 4 is 93.3 Å². The predicted octanol–water partition coefficient (Wildman–Crippen LogP) is 18.4. The van der Waals surface area contributed by atoms with Gasteiger partial charge in [-0.3, -0.25) is 0 Å². The van der Waals surface area contributed by atoms with Crippen LogP contribution in [0.2, 0.25) is 0 Å². The van der Waals surface area contributed by atoms with Crippen molar-refractivity contribution in [2.45, 2.75) is 5.41 Å². The molecular weight excluding hydrogens is 851 g/mol. The van der Waals surface area contributed by atoms with E-state index >= 15 is 0 Å². The van der Waals surface area contributed by atoms with E-state index in [2.05, 4.69) is 241 Å². The summed E-state index contributed by atoms with van der Waals surface area (Å²) in [6.45, 7) is 0. The average Bonchev–Trinajstić information content (AvgIpc) is 4.10. The maximum absolute atomic E-state index is 7.29. The normalized spacial score (nSPS) is 13.0. The molecule has 12 aromatic carbocycles. The number of anilines is 3. The topological polar surface area (TPSA) is 29.5 Å². The van der Waals surface area contributed by atoms with Gasteiger partial charge >= 0.3 is 0 Å². The van der Waals surface area contributed by atoms with E-state index in [0.717, 1.165) is 72.1 Å². The lowest BCUT2D eigenvalue weighted by Gasteiger charge is -2.35. The van der Waals surface area contributed by atoms with E-state index in [9.17, 15) is 0 Å². The molecule has 326 valence electrons. The van der Waals surface area contributed by atoms with Crippen LogP contribution in [0.5, 0.6) is 0 Å². The van der Waals surface area contributed by atoms with E-state index in [1.54, 1.807) is 0 Å². The molecule has 1 aliphatic carbocycles. The first kappa shape index (κ1) is 38.9. The number of furan rings is 2. The van der Waals surface area contributed by atoms with Gasteiger partial charge in [-0.1, -0.05) is 188 Å². The van der Waals surface area contributed by atoms with Crippen LogP contribution >= 0.6 is 0 Å². The Labute approximate surface area is 403 Å². The van der Waals surface area contributed by atoms with Crippen LogP contribution in [0.4, 0.5) is 17.1 Å². The van der Waals surface area contributed by atoms with Gasteiger partial charge in [0.05, 0.1) is 11.1 Å². The Balaban J connectivity index is 1.06. The summed E-state index contributed by atoms with van der Waals surface area (Å²) in [6, 6.07) is 90.6. The Kier molecular flexibility index (Phi) is 8.28. The maximum Gasteiger partial charge on any atom is 0.145 e. The molecule has 0 bridgehead atoms. The van der Waals surface area contributed by atoms with Gasteiger partial charge in [0.15, 0.2) is 0 Å².